The van der Waals surface area contributed by atoms with Gasteiger partial charge < -0.3 is 19.6 Å². The van der Waals surface area contributed by atoms with Gasteiger partial charge in [-0.2, -0.15) is 0 Å². The molecule has 1 aromatic carbocycles. The maximum absolute atomic E-state index is 12.8. The zero-order chi connectivity index (χ0) is 30.4. The number of pyridine rings is 1. The molecule has 1 N–H and O–H groups in total. The smallest absolute Gasteiger partial charge is 0.337 e. The third kappa shape index (κ3) is 6.28. The van der Waals surface area contributed by atoms with Gasteiger partial charge in [0.2, 0.25) is 0 Å². The number of rotatable bonds is 6. The molecule has 1 fully saturated rings. The van der Waals surface area contributed by atoms with Gasteiger partial charge in [-0.15, -0.1) is 0 Å². The third-order valence-corrected chi connectivity index (χ3v) is 8.59. The Morgan fingerprint density at radius 2 is 1.69 bits per heavy atom. The fourth-order valence-corrected chi connectivity index (χ4v) is 6.27. The zero-order valence-electron chi connectivity index (χ0n) is 26.4. The number of hydrogen-bond acceptors (Lipinski definition) is 7. The fraction of sp³-hybridized carbons (Fsp3) is 0.529. The van der Waals surface area contributed by atoms with Crippen molar-refractivity contribution >= 4 is 17.5 Å². The number of anilines is 2. The first-order valence-corrected chi connectivity index (χ1v) is 15.0. The molecule has 8 heteroatoms. The summed E-state index contributed by atoms with van der Waals surface area (Å²) in [5, 5.41) is 10.5. The van der Waals surface area contributed by atoms with E-state index in [1.807, 2.05) is 47.6 Å². The zero-order valence-corrected chi connectivity index (χ0v) is 26.4. The van der Waals surface area contributed by atoms with Crippen molar-refractivity contribution in [3.63, 3.8) is 0 Å². The highest BCUT2D eigenvalue weighted by Gasteiger charge is 2.36. The normalized spacial score (nSPS) is 17.6. The van der Waals surface area contributed by atoms with Crippen LogP contribution >= 0.6 is 0 Å². The molecule has 0 saturated carbocycles. The highest BCUT2D eigenvalue weighted by molar-refractivity contribution is 5.88. The Kier molecular flexibility index (Phi) is 8.05. The minimum absolute atomic E-state index is 0.252. The Morgan fingerprint density at radius 1 is 0.976 bits per heavy atom. The number of aromatic nitrogens is 3. The predicted octanol–water partition coefficient (Wildman–Crippen LogP) is 6.59. The van der Waals surface area contributed by atoms with Gasteiger partial charge in [0.05, 0.1) is 11.3 Å². The van der Waals surface area contributed by atoms with Crippen molar-refractivity contribution in [2.24, 2.45) is 5.41 Å². The summed E-state index contributed by atoms with van der Waals surface area (Å²) < 4.78 is 6.24. The van der Waals surface area contributed by atoms with Crippen LogP contribution in [0, 0.1) is 26.2 Å². The van der Waals surface area contributed by atoms with Crippen LogP contribution in [0.1, 0.15) is 87.3 Å². The summed E-state index contributed by atoms with van der Waals surface area (Å²) in [4.78, 5) is 31.2. The molecule has 2 aliphatic rings. The van der Waals surface area contributed by atoms with Crippen molar-refractivity contribution in [1.82, 2.24) is 15.0 Å². The van der Waals surface area contributed by atoms with Gasteiger partial charge in [0.15, 0.2) is 6.10 Å². The first-order valence-electron chi connectivity index (χ1n) is 15.0. The second-order valence-electron chi connectivity index (χ2n) is 13.7. The number of carbonyl (C=O) groups is 1. The molecule has 0 amide bonds. The van der Waals surface area contributed by atoms with Crippen LogP contribution < -0.4 is 9.80 Å². The summed E-state index contributed by atoms with van der Waals surface area (Å²) in [6, 6.07) is 8.72. The number of nitrogens with zero attached hydrogens (tertiary/aromatic N) is 5. The van der Waals surface area contributed by atoms with Crippen molar-refractivity contribution in [2.75, 3.05) is 29.4 Å². The summed E-state index contributed by atoms with van der Waals surface area (Å²) in [5.74, 6) is -0.0389. The first-order chi connectivity index (χ1) is 19.7. The lowest BCUT2D eigenvalue weighted by atomic mass is 9.81. The van der Waals surface area contributed by atoms with Crippen LogP contribution in [0.25, 0.3) is 11.1 Å². The van der Waals surface area contributed by atoms with Crippen LogP contribution in [0.2, 0.25) is 0 Å². The minimum atomic E-state index is -1.12. The summed E-state index contributed by atoms with van der Waals surface area (Å²) in [7, 11) is 0. The molecule has 224 valence electrons. The summed E-state index contributed by atoms with van der Waals surface area (Å²) in [6.07, 6.45) is 3.48. The highest BCUT2D eigenvalue weighted by Crippen LogP contribution is 2.45. The molecule has 42 heavy (non-hydrogen) atoms. The quantitative estimate of drug-likeness (QED) is 0.354. The molecule has 0 spiro atoms. The molecule has 2 aromatic heterocycles. The number of benzene rings is 1. The lowest BCUT2D eigenvalue weighted by molar-refractivity contribution is -0.160. The number of carboxylic acid groups (broad SMARTS) is 1. The van der Waals surface area contributed by atoms with Gasteiger partial charge in [0, 0.05) is 60.5 Å². The lowest BCUT2D eigenvalue weighted by Crippen LogP contribution is -2.39. The van der Waals surface area contributed by atoms with Crippen molar-refractivity contribution in [3.8, 4) is 11.1 Å². The molecule has 1 atom stereocenters. The van der Waals surface area contributed by atoms with Gasteiger partial charge in [0.25, 0.3) is 0 Å². The van der Waals surface area contributed by atoms with E-state index in [1.54, 1.807) is 6.33 Å². The van der Waals surface area contributed by atoms with Crippen molar-refractivity contribution in [1.29, 1.82) is 0 Å². The average Bonchev–Trinajstić information content (AvgIpc) is 2.90. The second-order valence-corrected chi connectivity index (χ2v) is 13.7. The minimum Gasteiger partial charge on any atom is -0.479 e. The van der Waals surface area contributed by atoms with Gasteiger partial charge in [0.1, 0.15) is 12.1 Å². The first kappa shape index (κ1) is 30.0. The number of fused-ring (bicyclic) bond motifs is 1. The van der Waals surface area contributed by atoms with Crippen molar-refractivity contribution < 1.29 is 14.6 Å². The standard InChI is InChI=1S/C34H45N5O3/c1-21-17-27(36-20-35-21)39-14-11-24-18-25(9-10-26(24)19-39)28-22(2)37-23(3)29(31(32(40)41)42-33(4,5)6)30(28)38-15-12-34(7,8)13-16-38/h9-10,17-18,20,31H,11-16,19H2,1-8H3,(H,40,41). The lowest BCUT2D eigenvalue weighted by Gasteiger charge is -2.41. The Bertz CT molecular complexity index is 1480. The Hall–Kier alpha value is -3.52. The van der Waals surface area contributed by atoms with E-state index >= 15 is 0 Å². The van der Waals surface area contributed by atoms with Crippen LogP contribution in [-0.4, -0.2) is 51.3 Å². The van der Waals surface area contributed by atoms with Gasteiger partial charge in [-0.1, -0.05) is 32.0 Å². The topological polar surface area (TPSA) is 91.7 Å². The molecular formula is C34H45N5O3. The third-order valence-electron chi connectivity index (χ3n) is 8.59. The Labute approximate surface area is 250 Å². The number of piperidine rings is 1. The number of aliphatic carboxylic acids is 1. The van der Waals surface area contributed by atoms with Gasteiger partial charge in [-0.25, -0.2) is 14.8 Å². The highest BCUT2D eigenvalue weighted by atomic mass is 16.5. The summed E-state index contributed by atoms with van der Waals surface area (Å²) in [5.41, 5.74) is 8.49. The number of carboxylic acids is 1. The van der Waals surface area contributed by atoms with Crippen LogP contribution in [-0.2, 0) is 22.5 Å². The van der Waals surface area contributed by atoms with Crippen LogP contribution in [0.15, 0.2) is 30.6 Å². The SMILES string of the molecule is Cc1cc(N2CCc3cc(-c4c(C)nc(C)c(C(OC(C)(C)C)C(=O)O)c4N4CCC(C)(C)CC4)ccc3C2)ncn1. The molecule has 0 bridgehead atoms. The predicted molar refractivity (Wildman–Crippen MR) is 167 cm³/mol. The molecular weight excluding hydrogens is 526 g/mol. The molecule has 3 aromatic rings. The van der Waals surface area contributed by atoms with E-state index in [0.29, 0.717) is 11.3 Å². The Balaban J connectivity index is 1.62. The molecule has 0 aliphatic carbocycles. The van der Waals surface area contributed by atoms with Gasteiger partial charge in [-0.05, 0) is 82.9 Å². The van der Waals surface area contributed by atoms with Crippen LogP contribution in [0.5, 0.6) is 0 Å². The van der Waals surface area contributed by atoms with E-state index in [4.69, 9.17) is 9.72 Å². The van der Waals surface area contributed by atoms with Gasteiger partial charge in [-0.3, -0.25) is 4.98 Å². The molecule has 5 rings (SSSR count). The molecule has 2 aliphatic heterocycles. The number of hydrogen-bond donors (Lipinski definition) is 1. The van der Waals surface area contributed by atoms with E-state index in [0.717, 1.165) is 79.5 Å². The van der Waals surface area contributed by atoms with E-state index in [9.17, 15) is 9.90 Å². The fourth-order valence-electron chi connectivity index (χ4n) is 6.27. The average molecular weight is 572 g/mol. The van der Waals surface area contributed by atoms with E-state index in [-0.39, 0.29) is 5.41 Å². The summed E-state index contributed by atoms with van der Waals surface area (Å²) in [6.45, 7) is 19.7. The van der Waals surface area contributed by atoms with E-state index in [2.05, 4.69) is 51.8 Å². The molecule has 1 unspecified atom stereocenters. The van der Waals surface area contributed by atoms with Crippen molar-refractivity contribution in [2.45, 2.75) is 92.9 Å². The number of aryl methyl sites for hydroxylation is 3. The van der Waals surface area contributed by atoms with E-state index in [1.165, 1.54) is 11.1 Å². The molecule has 8 nitrogen and oxygen atoms in total. The second kappa shape index (κ2) is 11.3. The van der Waals surface area contributed by atoms with Crippen LogP contribution in [0.3, 0.4) is 0 Å². The largest absolute Gasteiger partial charge is 0.479 e. The molecule has 0 radical (unpaired) electrons. The number of ether oxygens (including phenoxy) is 1. The molecule has 4 heterocycles. The monoisotopic (exact) mass is 571 g/mol. The summed E-state index contributed by atoms with van der Waals surface area (Å²) >= 11 is 0. The van der Waals surface area contributed by atoms with Crippen molar-refractivity contribution in [3.05, 3.63) is 64.4 Å². The maximum Gasteiger partial charge on any atom is 0.337 e. The Morgan fingerprint density at radius 3 is 2.33 bits per heavy atom. The van der Waals surface area contributed by atoms with Gasteiger partial charge >= 0.3 is 5.97 Å². The van der Waals surface area contributed by atoms with Crippen LogP contribution in [0.4, 0.5) is 11.5 Å². The molecule has 1 saturated heterocycles. The maximum atomic E-state index is 12.8. The van der Waals surface area contributed by atoms with E-state index < -0.39 is 17.7 Å².